The van der Waals surface area contributed by atoms with Gasteiger partial charge in [0.05, 0.1) is 5.60 Å². The Morgan fingerprint density at radius 2 is 2.00 bits per heavy atom. The monoisotopic (exact) mass is 202 g/mol. The molecule has 82 valence electrons. The van der Waals surface area contributed by atoms with Crippen molar-refractivity contribution in [2.45, 2.75) is 45.7 Å². The maximum absolute atomic E-state index is 10.8. The predicted octanol–water partition coefficient (Wildman–Crippen LogP) is 1.24. The lowest BCUT2D eigenvalue weighted by Gasteiger charge is -2.27. The summed E-state index contributed by atoms with van der Waals surface area (Å²) < 4.78 is 9.96. The summed E-state index contributed by atoms with van der Waals surface area (Å²) >= 11 is 0. The second-order valence-electron chi connectivity index (χ2n) is 3.97. The lowest BCUT2D eigenvalue weighted by Crippen LogP contribution is -2.36. The lowest BCUT2D eigenvalue weighted by molar-refractivity contribution is -0.216. The summed E-state index contributed by atoms with van der Waals surface area (Å²) in [5.74, 6) is -0.575. The molecule has 0 radical (unpaired) electrons. The zero-order valence-electron chi connectivity index (χ0n) is 9.11. The molecule has 4 nitrogen and oxygen atoms in total. The highest BCUT2D eigenvalue weighted by Gasteiger charge is 2.23. The number of carbonyl (C=O) groups excluding carboxylic acids is 1. The largest absolute Gasteiger partial charge is 0.454 e. The van der Waals surface area contributed by atoms with Crippen molar-refractivity contribution in [3.05, 3.63) is 12.7 Å². The molecule has 0 saturated heterocycles. The number of esters is 1. The van der Waals surface area contributed by atoms with Crippen molar-refractivity contribution in [1.82, 2.24) is 0 Å². The molecule has 1 N–H and O–H groups in total. The van der Waals surface area contributed by atoms with Gasteiger partial charge in [-0.15, -0.1) is 0 Å². The van der Waals surface area contributed by atoms with E-state index in [-0.39, 0.29) is 0 Å². The maximum Gasteiger partial charge on any atom is 0.330 e. The summed E-state index contributed by atoms with van der Waals surface area (Å²) in [5, 5.41) is 9.46. The van der Waals surface area contributed by atoms with Crippen molar-refractivity contribution < 1.29 is 19.4 Å². The molecular weight excluding hydrogens is 184 g/mol. The summed E-state index contributed by atoms with van der Waals surface area (Å²) in [7, 11) is 0. The average Bonchev–Trinajstić information content (AvgIpc) is 2.00. The van der Waals surface area contributed by atoms with E-state index in [1.807, 2.05) is 0 Å². The van der Waals surface area contributed by atoms with Gasteiger partial charge in [0, 0.05) is 6.08 Å². The van der Waals surface area contributed by atoms with Crippen molar-refractivity contribution in [3.8, 4) is 0 Å². The predicted molar refractivity (Wildman–Crippen MR) is 52.6 cm³/mol. The van der Waals surface area contributed by atoms with E-state index in [0.717, 1.165) is 6.08 Å². The summed E-state index contributed by atoms with van der Waals surface area (Å²) in [6, 6.07) is 0. The maximum atomic E-state index is 10.8. The Hall–Kier alpha value is -0.870. The second kappa shape index (κ2) is 5.12. The molecule has 14 heavy (non-hydrogen) atoms. The van der Waals surface area contributed by atoms with Crippen LogP contribution in [0.3, 0.4) is 0 Å². The standard InChI is InChI=1S/C10H18O4/c1-6-8(11)13-7(2)9(12)14-10(3,4)5/h6-7,9,12H,1H2,2-5H3. The van der Waals surface area contributed by atoms with Crippen LogP contribution in [0.4, 0.5) is 0 Å². The number of aliphatic hydroxyl groups excluding tert-OH is 1. The van der Waals surface area contributed by atoms with Gasteiger partial charge in [-0.05, 0) is 27.7 Å². The van der Waals surface area contributed by atoms with Gasteiger partial charge in [0.15, 0.2) is 6.29 Å². The minimum atomic E-state index is -1.13. The van der Waals surface area contributed by atoms with Gasteiger partial charge in [-0.2, -0.15) is 0 Å². The van der Waals surface area contributed by atoms with Crippen LogP contribution >= 0.6 is 0 Å². The van der Waals surface area contributed by atoms with E-state index in [2.05, 4.69) is 6.58 Å². The Morgan fingerprint density at radius 3 is 2.36 bits per heavy atom. The minimum Gasteiger partial charge on any atom is -0.454 e. The molecule has 2 unspecified atom stereocenters. The highest BCUT2D eigenvalue weighted by Crippen LogP contribution is 2.13. The second-order valence-corrected chi connectivity index (χ2v) is 3.97. The zero-order chi connectivity index (χ0) is 11.4. The van der Waals surface area contributed by atoms with Crippen LogP contribution in [0, 0.1) is 0 Å². The van der Waals surface area contributed by atoms with E-state index < -0.39 is 24.0 Å². The molecule has 4 heteroatoms. The number of hydrogen-bond acceptors (Lipinski definition) is 4. The SMILES string of the molecule is C=CC(=O)OC(C)C(O)OC(C)(C)C. The van der Waals surface area contributed by atoms with Crippen LogP contribution in [0.25, 0.3) is 0 Å². The quantitative estimate of drug-likeness (QED) is 0.423. The van der Waals surface area contributed by atoms with Crippen molar-refractivity contribution >= 4 is 5.97 Å². The van der Waals surface area contributed by atoms with Gasteiger partial charge >= 0.3 is 5.97 Å². The molecule has 0 spiro atoms. The number of carbonyl (C=O) groups is 1. The molecule has 0 heterocycles. The van der Waals surface area contributed by atoms with Crippen molar-refractivity contribution in [1.29, 1.82) is 0 Å². The van der Waals surface area contributed by atoms with Gasteiger partial charge in [-0.3, -0.25) is 0 Å². The van der Waals surface area contributed by atoms with Crippen LogP contribution in [0.2, 0.25) is 0 Å². The third-order valence-electron chi connectivity index (χ3n) is 1.34. The average molecular weight is 202 g/mol. The van der Waals surface area contributed by atoms with Gasteiger partial charge in [0.25, 0.3) is 0 Å². The van der Waals surface area contributed by atoms with Gasteiger partial charge in [-0.25, -0.2) is 4.79 Å². The summed E-state index contributed by atoms with van der Waals surface area (Å²) in [6.45, 7) is 10.2. The topological polar surface area (TPSA) is 55.8 Å². The van der Waals surface area contributed by atoms with Crippen molar-refractivity contribution in [3.63, 3.8) is 0 Å². The van der Waals surface area contributed by atoms with Crippen molar-refractivity contribution in [2.24, 2.45) is 0 Å². The number of ether oxygens (including phenoxy) is 2. The van der Waals surface area contributed by atoms with E-state index in [1.165, 1.54) is 0 Å². The lowest BCUT2D eigenvalue weighted by atomic mass is 10.2. The molecular formula is C10H18O4. The smallest absolute Gasteiger partial charge is 0.330 e. The van der Waals surface area contributed by atoms with E-state index in [0.29, 0.717) is 0 Å². The molecule has 0 bridgehead atoms. The minimum absolute atomic E-state index is 0.478. The molecule has 0 aliphatic heterocycles. The van der Waals surface area contributed by atoms with Gasteiger partial charge in [0.1, 0.15) is 6.10 Å². The summed E-state index contributed by atoms with van der Waals surface area (Å²) in [5.41, 5.74) is -0.478. The Bertz CT molecular complexity index is 205. The van der Waals surface area contributed by atoms with Gasteiger partial charge in [0.2, 0.25) is 0 Å². The Kier molecular flexibility index (Phi) is 4.80. The number of aliphatic hydroxyl groups is 1. The highest BCUT2D eigenvalue weighted by atomic mass is 16.7. The normalized spacial score (nSPS) is 15.8. The Labute approximate surface area is 84.5 Å². The van der Waals surface area contributed by atoms with Crippen molar-refractivity contribution in [2.75, 3.05) is 0 Å². The van der Waals surface area contributed by atoms with Crippen LogP contribution < -0.4 is 0 Å². The van der Waals surface area contributed by atoms with Gasteiger partial charge < -0.3 is 14.6 Å². The highest BCUT2D eigenvalue weighted by molar-refractivity contribution is 5.81. The molecule has 0 aromatic rings. The Balaban J connectivity index is 4.05. The fourth-order valence-electron chi connectivity index (χ4n) is 0.748. The van der Waals surface area contributed by atoms with E-state index >= 15 is 0 Å². The Morgan fingerprint density at radius 1 is 1.50 bits per heavy atom. The summed E-state index contributed by atoms with van der Waals surface area (Å²) in [6.07, 6.45) is -0.793. The van der Waals surface area contributed by atoms with E-state index in [4.69, 9.17) is 9.47 Å². The van der Waals surface area contributed by atoms with Gasteiger partial charge in [-0.1, -0.05) is 6.58 Å². The first-order chi connectivity index (χ1) is 6.26. The third-order valence-corrected chi connectivity index (χ3v) is 1.34. The number of hydrogen-bond donors (Lipinski definition) is 1. The summed E-state index contributed by atoms with van der Waals surface area (Å²) in [4.78, 5) is 10.8. The first-order valence-corrected chi connectivity index (χ1v) is 4.45. The molecule has 0 aliphatic rings. The van der Waals surface area contributed by atoms with E-state index in [1.54, 1.807) is 27.7 Å². The van der Waals surface area contributed by atoms with Crippen LogP contribution in [0.5, 0.6) is 0 Å². The molecule has 0 rings (SSSR count). The molecule has 0 aromatic heterocycles. The molecule has 2 atom stereocenters. The number of rotatable bonds is 4. The van der Waals surface area contributed by atoms with Crippen LogP contribution in [0.15, 0.2) is 12.7 Å². The molecule has 0 aromatic carbocycles. The molecule has 0 amide bonds. The van der Waals surface area contributed by atoms with Crippen LogP contribution in [-0.2, 0) is 14.3 Å². The first-order valence-electron chi connectivity index (χ1n) is 4.45. The third kappa shape index (κ3) is 5.72. The fraction of sp³-hybridized carbons (Fsp3) is 0.700. The fourth-order valence-corrected chi connectivity index (χ4v) is 0.748. The zero-order valence-corrected chi connectivity index (χ0v) is 9.11. The van der Waals surface area contributed by atoms with Crippen LogP contribution in [-0.4, -0.2) is 29.1 Å². The molecule has 0 saturated carbocycles. The van der Waals surface area contributed by atoms with Crippen LogP contribution in [0.1, 0.15) is 27.7 Å². The molecule has 0 fully saturated rings. The first kappa shape index (κ1) is 13.1. The molecule has 0 aliphatic carbocycles. The van der Waals surface area contributed by atoms with E-state index in [9.17, 15) is 9.90 Å².